The first-order valence-corrected chi connectivity index (χ1v) is 7.11. The first-order chi connectivity index (χ1) is 10.7. The molecule has 2 heterocycles. The van der Waals surface area contributed by atoms with Gasteiger partial charge in [-0.15, -0.1) is 0 Å². The molecule has 0 bridgehead atoms. The van der Waals surface area contributed by atoms with E-state index in [2.05, 4.69) is 11.1 Å². The van der Waals surface area contributed by atoms with Crippen LogP contribution in [-0.2, 0) is 0 Å². The molecular weight excluding hydrogens is 276 g/mol. The van der Waals surface area contributed by atoms with Crippen molar-refractivity contribution in [3.8, 4) is 17.0 Å². The molecule has 2 N–H and O–H groups in total. The van der Waals surface area contributed by atoms with Crippen LogP contribution in [0.25, 0.3) is 11.3 Å². The minimum absolute atomic E-state index is 0.143. The molecule has 0 saturated heterocycles. The lowest BCUT2D eigenvalue weighted by molar-refractivity contribution is 0.180. The number of aromatic nitrogens is 1. The van der Waals surface area contributed by atoms with Crippen LogP contribution in [0.1, 0.15) is 18.6 Å². The maximum absolute atomic E-state index is 6.06. The lowest BCUT2D eigenvalue weighted by Crippen LogP contribution is -2.29. The Labute approximate surface area is 129 Å². The van der Waals surface area contributed by atoms with Crippen molar-refractivity contribution in [3.63, 3.8) is 0 Å². The quantitative estimate of drug-likeness (QED) is 0.780. The van der Waals surface area contributed by atoms with Crippen molar-refractivity contribution in [1.82, 2.24) is 4.98 Å². The Bertz CT molecular complexity index is 692. The third-order valence-corrected chi connectivity index (χ3v) is 3.34. The monoisotopic (exact) mass is 293 g/mol. The van der Waals surface area contributed by atoms with Crippen LogP contribution in [-0.4, -0.2) is 11.0 Å². The van der Waals surface area contributed by atoms with Crippen molar-refractivity contribution in [3.05, 3.63) is 72.8 Å². The largest absolute Gasteiger partial charge is 0.482 e. The molecule has 0 saturated carbocycles. The zero-order valence-electron chi connectivity index (χ0n) is 12.3. The molecule has 0 aliphatic heterocycles. The van der Waals surface area contributed by atoms with Crippen LogP contribution in [0.15, 0.2) is 65.6 Å². The van der Waals surface area contributed by atoms with E-state index in [1.54, 1.807) is 24.8 Å². The van der Waals surface area contributed by atoms with Crippen molar-refractivity contribution in [1.29, 1.82) is 0 Å². The minimum atomic E-state index is -0.226. The molecule has 2 aromatic heterocycles. The fraction of sp³-hybridized carbons (Fsp3) is 0.167. The number of furan rings is 1. The van der Waals surface area contributed by atoms with Crippen LogP contribution < -0.4 is 10.5 Å². The molecule has 4 nitrogen and oxygen atoms in total. The van der Waals surface area contributed by atoms with Gasteiger partial charge in [-0.1, -0.05) is 30.3 Å². The Balaban J connectivity index is 1.79. The number of hydrogen-bond donors (Lipinski definition) is 1. The van der Waals surface area contributed by atoms with Gasteiger partial charge in [-0.2, -0.15) is 0 Å². The van der Waals surface area contributed by atoms with E-state index in [-0.39, 0.29) is 12.1 Å². The van der Waals surface area contributed by atoms with Gasteiger partial charge < -0.3 is 14.9 Å². The predicted molar refractivity (Wildman–Crippen MR) is 84.2 cm³/mol. The second-order valence-corrected chi connectivity index (χ2v) is 5.12. The summed E-state index contributed by atoms with van der Waals surface area (Å²) in [6.45, 7) is 1.93. The molecule has 0 aliphatic rings. The maximum atomic E-state index is 6.06. The molecule has 2 atom stereocenters. The molecule has 22 heavy (non-hydrogen) atoms. The van der Waals surface area contributed by atoms with E-state index in [0.29, 0.717) is 5.75 Å². The van der Waals surface area contributed by atoms with Crippen LogP contribution in [0.4, 0.5) is 0 Å². The van der Waals surface area contributed by atoms with E-state index in [9.17, 15) is 0 Å². The molecule has 0 spiro atoms. The predicted octanol–water partition coefficient (Wildman–Crippen LogP) is 3.61. The number of nitrogens with zero attached hydrogens (tertiary/aromatic N) is 1. The normalized spacial score (nSPS) is 13.5. The highest BCUT2D eigenvalue weighted by atomic mass is 16.5. The number of hydrogen-bond acceptors (Lipinski definition) is 4. The Morgan fingerprint density at radius 3 is 2.64 bits per heavy atom. The van der Waals surface area contributed by atoms with Gasteiger partial charge in [0.1, 0.15) is 11.9 Å². The fourth-order valence-electron chi connectivity index (χ4n) is 2.23. The third kappa shape index (κ3) is 3.18. The highest BCUT2D eigenvalue weighted by Crippen LogP contribution is 2.25. The SMILES string of the molecule is CC(N)C(Oc1c[c]c(-c2ccoc2)nc1)c1ccccc1. The minimum Gasteiger partial charge on any atom is -0.482 e. The van der Waals surface area contributed by atoms with E-state index < -0.39 is 0 Å². The smallest absolute Gasteiger partial charge is 0.139 e. The number of pyridine rings is 1. The van der Waals surface area contributed by atoms with Gasteiger partial charge in [-0.3, -0.25) is 4.98 Å². The van der Waals surface area contributed by atoms with Crippen LogP contribution >= 0.6 is 0 Å². The molecule has 1 radical (unpaired) electrons. The lowest BCUT2D eigenvalue weighted by Gasteiger charge is -2.22. The number of ether oxygens (including phenoxy) is 1. The van der Waals surface area contributed by atoms with Gasteiger partial charge in [-0.05, 0) is 24.6 Å². The average Bonchev–Trinajstić information content (AvgIpc) is 3.08. The summed E-state index contributed by atoms with van der Waals surface area (Å²) in [5.41, 5.74) is 8.70. The summed E-state index contributed by atoms with van der Waals surface area (Å²) in [4.78, 5) is 4.35. The van der Waals surface area contributed by atoms with Gasteiger partial charge in [0.15, 0.2) is 0 Å². The van der Waals surface area contributed by atoms with Gasteiger partial charge in [0.05, 0.1) is 24.4 Å². The van der Waals surface area contributed by atoms with E-state index >= 15 is 0 Å². The average molecular weight is 293 g/mol. The second kappa shape index (κ2) is 6.45. The van der Waals surface area contributed by atoms with E-state index in [4.69, 9.17) is 14.9 Å². The van der Waals surface area contributed by atoms with Crippen molar-refractivity contribution in [2.75, 3.05) is 0 Å². The summed E-state index contributed by atoms with van der Waals surface area (Å²) in [5, 5.41) is 0. The van der Waals surface area contributed by atoms with Crippen LogP contribution in [0, 0.1) is 6.07 Å². The summed E-state index contributed by atoms with van der Waals surface area (Å²) < 4.78 is 11.0. The lowest BCUT2D eigenvalue weighted by atomic mass is 10.0. The molecule has 111 valence electrons. The summed E-state index contributed by atoms with van der Waals surface area (Å²) in [6, 6.07) is 16.5. The zero-order chi connectivity index (χ0) is 15.4. The van der Waals surface area contributed by atoms with Crippen LogP contribution in [0.2, 0.25) is 0 Å². The molecule has 2 unspecified atom stereocenters. The van der Waals surface area contributed by atoms with Gasteiger partial charge in [0.25, 0.3) is 0 Å². The van der Waals surface area contributed by atoms with E-state index in [0.717, 1.165) is 16.8 Å². The first kappa shape index (κ1) is 14.4. The standard InChI is InChI=1S/C18H17N2O2/c1-13(19)18(14-5-3-2-4-6-14)22-16-7-8-17(20-11-16)15-9-10-21-12-15/h2-7,9-13,18H,19H2,1H3. The Kier molecular flexibility index (Phi) is 4.21. The fourth-order valence-corrected chi connectivity index (χ4v) is 2.23. The summed E-state index contributed by atoms with van der Waals surface area (Å²) in [6.07, 6.45) is 4.69. The highest BCUT2D eigenvalue weighted by molar-refractivity contribution is 5.56. The molecular formula is C18H17N2O2. The molecule has 1 aromatic carbocycles. The van der Waals surface area contributed by atoms with Gasteiger partial charge in [0, 0.05) is 17.7 Å². The first-order valence-electron chi connectivity index (χ1n) is 7.11. The van der Waals surface area contributed by atoms with Crippen LogP contribution in [0.5, 0.6) is 5.75 Å². The number of rotatable bonds is 5. The summed E-state index contributed by atoms with van der Waals surface area (Å²) >= 11 is 0. The Morgan fingerprint density at radius 2 is 2.05 bits per heavy atom. The molecule has 3 aromatic rings. The number of benzene rings is 1. The van der Waals surface area contributed by atoms with Crippen molar-refractivity contribution >= 4 is 0 Å². The molecule has 0 fully saturated rings. The summed E-state index contributed by atoms with van der Waals surface area (Å²) in [5.74, 6) is 0.637. The maximum Gasteiger partial charge on any atom is 0.139 e. The van der Waals surface area contributed by atoms with Gasteiger partial charge in [-0.25, -0.2) is 0 Å². The van der Waals surface area contributed by atoms with E-state index in [1.807, 2.05) is 43.3 Å². The topological polar surface area (TPSA) is 61.3 Å². The van der Waals surface area contributed by atoms with Gasteiger partial charge >= 0.3 is 0 Å². The van der Waals surface area contributed by atoms with Crippen molar-refractivity contribution in [2.24, 2.45) is 5.73 Å². The molecule has 3 rings (SSSR count). The number of nitrogens with two attached hydrogens (primary N) is 1. The van der Waals surface area contributed by atoms with Crippen molar-refractivity contribution in [2.45, 2.75) is 19.1 Å². The Hall–Kier alpha value is -2.59. The summed E-state index contributed by atoms with van der Waals surface area (Å²) in [7, 11) is 0. The molecule has 0 amide bonds. The van der Waals surface area contributed by atoms with Crippen molar-refractivity contribution < 1.29 is 9.15 Å². The Morgan fingerprint density at radius 1 is 1.23 bits per heavy atom. The second-order valence-electron chi connectivity index (χ2n) is 5.12. The molecule has 4 heteroatoms. The third-order valence-electron chi connectivity index (χ3n) is 3.34. The van der Waals surface area contributed by atoms with E-state index in [1.165, 1.54) is 0 Å². The highest BCUT2D eigenvalue weighted by Gasteiger charge is 2.18. The zero-order valence-corrected chi connectivity index (χ0v) is 12.3. The van der Waals surface area contributed by atoms with Gasteiger partial charge in [0.2, 0.25) is 0 Å². The molecule has 0 aliphatic carbocycles. The van der Waals surface area contributed by atoms with Crippen LogP contribution in [0.3, 0.4) is 0 Å².